The van der Waals surface area contributed by atoms with Crippen molar-refractivity contribution in [1.82, 2.24) is 0 Å². The van der Waals surface area contributed by atoms with Crippen LogP contribution in [0, 0.1) is 11.6 Å². The molecule has 0 radical (unpaired) electrons. The molecule has 1 nitrogen and oxygen atoms in total. The standard InChI is InChI=1S/C13H8BrClF2O/c14-11-6-10(3-4-12(11)16)18-7-8-1-2-9(15)5-13(8)17/h1-6H,7H2. The predicted molar refractivity (Wildman–Crippen MR) is 69.8 cm³/mol. The van der Waals surface area contributed by atoms with Gasteiger partial charge in [0, 0.05) is 10.6 Å². The van der Waals surface area contributed by atoms with E-state index in [-0.39, 0.29) is 12.4 Å². The summed E-state index contributed by atoms with van der Waals surface area (Å²) in [5.74, 6) is -0.346. The van der Waals surface area contributed by atoms with Crippen molar-refractivity contribution in [1.29, 1.82) is 0 Å². The van der Waals surface area contributed by atoms with E-state index in [1.165, 1.54) is 24.3 Å². The molecule has 0 spiro atoms. The molecule has 0 amide bonds. The molecule has 0 N–H and O–H groups in total. The van der Waals surface area contributed by atoms with E-state index in [2.05, 4.69) is 15.9 Å². The van der Waals surface area contributed by atoms with E-state index < -0.39 is 5.82 Å². The van der Waals surface area contributed by atoms with E-state index in [9.17, 15) is 8.78 Å². The first-order chi connectivity index (χ1) is 8.56. The Morgan fingerprint density at radius 2 is 1.83 bits per heavy atom. The maximum Gasteiger partial charge on any atom is 0.137 e. The van der Waals surface area contributed by atoms with E-state index >= 15 is 0 Å². The highest BCUT2D eigenvalue weighted by Crippen LogP contribution is 2.23. The van der Waals surface area contributed by atoms with Crippen LogP contribution in [0.3, 0.4) is 0 Å². The zero-order valence-corrected chi connectivity index (χ0v) is 11.4. The maximum atomic E-state index is 13.5. The Kier molecular flexibility index (Phi) is 4.19. The van der Waals surface area contributed by atoms with Crippen molar-refractivity contribution in [2.75, 3.05) is 0 Å². The van der Waals surface area contributed by atoms with Gasteiger partial charge in [-0.05, 0) is 46.3 Å². The fraction of sp³-hybridized carbons (Fsp3) is 0.0769. The monoisotopic (exact) mass is 332 g/mol. The lowest BCUT2D eigenvalue weighted by molar-refractivity contribution is 0.299. The van der Waals surface area contributed by atoms with Crippen LogP contribution in [0.25, 0.3) is 0 Å². The van der Waals surface area contributed by atoms with Crippen LogP contribution >= 0.6 is 27.5 Å². The van der Waals surface area contributed by atoms with Gasteiger partial charge in [0.2, 0.25) is 0 Å². The molecule has 0 bridgehead atoms. The summed E-state index contributed by atoms with van der Waals surface area (Å²) in [5, 5.41) is 0.334. The van der Waals surface area contributed by atoms with Crippen molar-refractivity contribution in [2.45, 2.75) is 6.61 Å². The van der Waals surface area contributed by atoms with Gasteiger partial charge in [0.25, 0.3) is 0 Å². The van der Waals surface area contributed by atoms with Crippen LogP contribution in [0.2, 0.25) is 5.02 Å². The van der Waals surface area contributed by atoms with Crippen molar-refractivity contribution in [3.63, 3.8) is 0 Å². The van der Waals surface area contributed by atoms with Crippen molar-refractivity contribution in [3.05, 3.63) is 63.1 Å². The highest BCUT2D eigenvalue weighted by Gasteiger charge is 2.05. The van der Waals surface area contributed by atoms with Crippen molar-refractivity contribution in [2.24, 2.45) is 0 Å². The van der Waals surface area contributed by atoms with Gasteiger partial charge >= 0.3 is 0 Å². The van der Waals surface area contributed by atoms with E-state index in [1.807, 2.05) is 0 Å². The van der Waals surface area contributed by atoms with Gasteiger partial charge in [-0.25, -0.2) is 8.78 Å². The molecule has 0 aliphatic carbocycles. The SMILES string of the molecule is Fc1ccc(OCc2ccc(Cl)cc2F)cc1Br. The Labute approximate surface area is 116 Å². The van der Waals surface area contributed by atoms with Crippen LogP contribution in [-0.2, 0) is 6.61 Å². The summed E-state index contributed by atoms with van der Waals surface area (Å²) >= 11 is 8.69. The van der Waals surface area contributed by atoms with Crippen LogP contribution in [0.5, 0.6) is 5.75 Å². The molecule has 0 atom stereocenters. The summed E-state index contributed by atoms with van der Waals surface area (Å²) in [6.45, 7) is 0.0566. The summed E-state index contributed by atoms with van der Waals surface area (Å²) < 4.78 is 32.1. The Hall–Kier alpha value is -1.13. The lowest BCUT2D eigenvalue weighted by atomic mass is 10.2. The highest BCUT2D eigenvalue weighted by atomic mass is 79.9. The minimum Gasteiger partial charge on any atom is -0.489 e. The van der Waals surface area contributed by atoms with Crippen molar-refractivity contribution in [3.8, 4) is 5.75 Å². The second-order valence-corrected chi connectivity index (χ2v) is 4.89. The maximum absolute atomic E-state index is 13.5. The first-order valence-electron chi connectivity index (χ1n) is 5.08. The van der Waals surface area contributed by atoms with Crippen molar-refractivity contribution < 1.29 is 13.5 Å². The van der Waals surface area contributed by atoms with Gasteiger partial charge in [0.15, 0.2) is 0 Å². The summed E-state index contributed by atoms with van der Waals surface area (Å²) in [6.07, 6.45) is 0. The first-order valence-corrected chi connectivity index (χ1v) is 6.25. The molecule has 0 unspecified atom stereocenters. The second-order valence-electron chi connectivity index (χ2n) is 3.60. The molecule has 0 saturated heterocycles. The molecule has 0 aliphatic rings. The summed E-state index contributed by atoms with van der Waals surface area (Å²) in [7, 11) is 0. The third-order valence-electron chi connectivity index (χ3n) is 2.30. The quantitative estimate of drug-likeness (QED) is 0.771. The minimum atomic E-state index is -0.427. The molecule has 5 heteroatoms. The van der Waals surface area contributed by atoms with E-state index in [4.69, 9.17) is 16.3 Å². The van der Waals surface area contributed by atoms with Crippen LogP contribution < -0.4 is 4.74 Å². The van der Waals surface area contributed by atoms with Gasteiger partial charge in [-0.15, -0.1) is 0 Å². The molecule has 94 valence electrons. The zero-order valence-electron chi connectivity index (χ0n) is 9.09. The van der Waals surface area contributed by atoms with E-state index in [0.717, 1.165) is 0 Å². The summed E-state index contributed by atoms with van der Waals surface area (Å²) in [6, 6.07) is 8.61. The molecule has 2 aromatic rings. The lowest BCUT2D eigenvalue weighted by Crippen LogP contribution is -1.98. The fourth-order valence-electron chi connectivity index (χ4n) is 1.37. The number of halogens is 4. The van der Waals surface area contributed by atoms with Crippen LogP contribution in [-0.4, -0.2) is 0 Å². The number of ether oxygens (including phenoxy) is 1. The minimum absolute atomic E-state index is 0.0566. The third kappa shape index (κ3) is 3.21. The summed E-state index contributed by atoms with van der Waals surface area (Å²) in [4.78, 5) is 0. The molecule has 0 heterocycles. The number of hydrogen-bond donors (Lipinski definition) is 0. The Bertz CT molecular complexity index is 575. The van der Waals surface area contributed by atoms with Gasteiger partial charge in [-0.2, -0.15) is 0 Å². The average molecular weight is 334 g/mol. The Morgan fingerprint density at radius 1 is 1.06 bits per heavy atom. The van der Waals surface area contributed by atoms with Crippen LogP contribution in [0.15, 0.2) is 40.9 Å². The van der Waals surface area contributed by atoms with Crippen LogP contribution in [0.4, 0.5) is 8.78 Å². The molecule has 0 aromatic heterocycles. The van der Waals surface area contributed by atoms with Gasteiger partial charge in [-0.1, -0.05) is 17.7 Å². The average Bonchev–Trinajstić information content (AvgIpc) is 2.32. The number of rotatable bonds is 3. The number of hydrogen-bond acceptors (Lipinski definition) is 1. The fourth-order valence-corrected chi connectivity index (χ4v) is 1.88. The largest absolute Gasteiger partial charge is 0.489 e. The molecule has 0 aliphatic heterocycles. The molecular weight excluding hydrogens is 325 g/mol. The Morgan fingerprint density at radius 3 is 2.50 bits per heavy atom. The van der Waals surface area contributed by atoms with Crippen LogP contribution in [0.1, 0.15) is 5.56 Å². The first kappa shape index (κ1) is 13.3. The van der Waals surface area contributed by atoms with E-state index in [0.29, 0.717) is 20.8 Å². The lowest BCUT2D eigenvalue weighted by Gasteiger charge is -2.08. The van der Waals surface area contributed by atoms with E-state index in [1.54, 1.807) is 12.1 Å². The zero-order chi connectivity index (χ0) is 13.1. The second kappa shape index (κ2) is 5.67. The molecule has 18 heavy (non-hydrogen) atoms. The van der Waals surface area contributed by atoms with Gasteiger partial charge in [0.05, 0.1) is 4.47 Å². The molecule has 0 fully saturated rings. The Balaban J connectivity index is 2.09. The van der Waals surface area contributed by atoms with Crippen molar-refractivity contribution >= 4 is 27.5 Å². The molecular formula is C13H8BrClF2O. The molecule has 2 aromatic carbocycles. The highest BCUT2D eigenvalue weighted by molar-refractivity contribution is 9.10. The molecule has 2 rings (SSSR count). The number of benzene rings is 2. The third-order valence-corrected chi connectivity index (χ3v) is 3.14. The predicted octanol–water partition coefficient (Wildman–Crippen LogP) is 4.96. The summed E-state index contributed by atoms with van der Waals surface area (Å²) in [5.41, 5.74) is 0.389. The topological polar surface area (TPSA) is 9.23 Å². The van der Waals surface area contributed by atoms with Gasteiger partial charge in [0.1, 0.15) is 24.0 Å². The molecule has 0 saturated carbocycles. The van der Waals surface area contributed by atoms with Gasteiger partial charge < -0.3 is 4.74 Å². The normalized spacial score (nSPS) is 10.4. The van der Waals surface area contributed by atoms with Gasteiger partial charge in [-0.3, -0.25) is 0 Å². The smallest absolute Gasteiger partial charge is 0.137 e.